The second-order valence-corrected chi connectivity index (χ2v) is 8.36. The van der Waals surface area contributed by atoms with Crippen LogP contribution in [0.2, 0.25) is 0 Å². The number of nitrogens with zero attached hydrogens (tertiary/aromatic N) is 2. The second-order valence-electron chi connectivity index (χ2n) is 7.28. The summed E-state index contributed by atoms with van der Waals surface area (Å²) in [6.45, 7) is 4.45. The Balaban J connectivity index is 1.69. The molecule has 0 saturated carbocycles. The largest absolute Gasteiger partial charge is 0.358 e. The highest BCUT2D eigenvalue weighted by Gasteiger charge is 2.29. The zero-order valence-electron chi connectivity index (χ0n) is 15.8. The minimum atomic E-state index is 0.288. The van der Waals surface area contributed by atoms with Gasteiger partial charge in [-0.25, -0.2) is 0 Å². The molecule has 1 aromatic heterocycles. The van der Waals surface area contributed by atoms with Crippen molar-refractivity contribution in [2.24, 2.45) is 0 Å². The number of thiophene rings is 1. The minimum Gasteiger partial charge on any atom is -0.358 e. The number of benzene rings is 3. The number of anilines is 1. The van der Waals surface area contributed by atoms with Crippen LogP contribution >= 0.6 is 11.3 Å². The standard InChI is InChI=1S/C24H22N2S/c1-16-8-4-6-10-21(16)26-17(2)25(3)15-22(26)18-12-13-24-20(14-18)19-9-5-7-11-23(19)27-24/h4-15,17H,1-3H3. The van der Waals surface area contributed by atoms with Crippen LogP contribution in [0.4, 0.5) is 5.69 Å². The smallest absolute Gasteiger partial charge is 0.103 e. The molecule has 0 fully saturated rings. The average Bonchev–Trinajstić information content (AvgIpc) is 3.19. The molecule has 5 rings (SSSR count). The van der Waals surface area contributed by atoms with Gasteiger partial charge in [-0.2, -0.15) is 0 Å². The lowest BCUT2D eigenvalue weighted by Gasteiger charge is -2.31. The van der Waals surface area contributed by atoms with E-state index in [4.69, 9.17) is 0 Å². The van der Waals surface area contributed by atoms with Crippen LogP contribution in [-0.4, -0.2) is 18.1 Å². The minimum absolute atomic E-state index is 0.288. The van der Waals surface area contributed by atoms with Crippen LogP contribution in [0.1, 0.15) is 18.1 Å². The molecule has 0 bridgehead atoms. The predicted octanol–water partition coefficient (Wildman–Crippen LogP) is 6.46. The van der Waals surface area contributed by atoms with Crippen molar-refractivity contribution >= 4 is 42.9 Å². The summed E-state index contributed by atoms with van der Waals surface area (Å²) in [4.78, 5) is 4.74. The van der Waals surface area contributed by atoms with Crippen LogP contribution in [0.25, 0.3) is 25.9 Å². The summed E-state index contributed by atoms with van der Waals surface area (Å²) in [6.07, 6.45) is 2.56. The van der Waals surface area contributed by atoms with Gasteiger partial charge in [0.2, 0.25) is 0 Å². The van der Waals surface area contributed by atoms with E-state index in [1.807, 2.05) is 11.3 Å². The lowest BCUT2D eigenvalue weighted by molar-refractivity contribution is 0.383. The van der Waals surface area contributed by atoms with E-state index < -0.39 is 0 Å². The molecule has 3 heteroatoms. The van der Waals surface area contributed by atoms with E-state index in [-0.39, 0.29) is 6.17 Å². The van der Waals surface area contributed by atoms with E-state index in [0.717, 1.165) is 0 Å². The maximum Gasteiger partial charge on any atom is 0.103 e. The lowest BCUT2D eigenvalue weighted by atomic mass is 10.1. The summed E-state index contributed by atoms with van der Waals surface area (Å²) in [7, 11) is 2.15. The van der Waals surface area contributed by atoms with Crippen molar-refractivity contribution in [1.29, 1.82) is 0 Å². The highest BCUT2D eigenvalue weighted by molar-refractivity contribution is 7.25. The van der Waals surface area contributed by atoms with Gasteiger partial charge in [0.25, 0.3) is 0 Å². The number of hydrogen-bond donors (Lipinski definition) is 0. The van der Waals surface area contributed by atoms with E-state index in [1.165, 1.54) is 42.7 Å². The summed E-state index contributed by atoms with van der Waals surface area (Å²) < 4.78 is 2.70. The molecule has 4 aromatic rings. The molecule has 2 nitrogen and oxygen atoms in total. The molecular formula is C24H22N2S. The summed E-state index contributed by atoms with van der Waals surface area (Å²) >= 11 is 1.87. The quantitative estimate of drug-likeness (QED) is 0.399. The molecule has 0 radical (unpaired) electrons. The number of aryl methyl sites for hydroxylation is 1. The van der Waals surface area contributed by atoms with Gasteiger partial charge in [-0.05, 0) is 43.7 Å². The van der Waals surface area contributed by atoms with Gasteiger partial charge in [-0.3, -0.25) is 0 Å². The van der Waals surface area contributed by atoms with Crippen molar-refractivity contribution in [2.45, 2.75) is 20.0 Å². The maximum absolute atomic E-state index is 2.45. The summed E-state index contributed by atoms with van der Waals surface area (Å²) in [6, 6.07) is 24.2. The number of rotatable bonds is 2. The van der Waals surface area contributed by atoms with Crippen LogP contribution in [0.5, 0.6) is 0 Å². The van der Waals surface area contributed by atoms with Gasteiger partial charge in [0, 0.05) is 44.7 Å². The Morgan fingerprint density at radius 2 is 1.59 bits per heavy atom. The van der Waals surface area contributed by atoms with E-state index in [1.54, 1.807) is 0 Å². The first-order valence-electron chi connectivity index (χ1n) is 9.34. The fourth-order valence-corrected chi connectivity index (χ4v) is 5.10. The van der Waals surface area contributed by atoms with Crippen LogP contribution in [-0.2, 0) is 0 Å². The maximum atomic E-state index is 2.45. The van der Waals surface area contributed by atoms with E-state index in [2.05, 4.69) is 104 Å². The molecule has 2 heterocycles. The Morgan fingerprint density at radius 1 is 0.852 bits per heavy atom. The molecule has 1 aliphatic rings. The van der Waals surface area contributed by atoms with Gasteiger partial charge in [0.1, 0.15) is 6.17 Å². The molecule has 0 aliphatic carbocycles. The van der Waals surface area contributed by atoms with E-state index >= 15 is 0 Å². The van der Waals surface area contributed by atoms with Crippen LogP contribution in [0.3, 0.4) is 0 Å². The molecule has 0 N–H and O–H groups in total. The van der Waals surface area contributed by atoms with Crippen molar-refractivity contribution in [2.75, 3.05) is 11.9 Å². The number of fused-ring (bicyclic) bond motifs is 3. The van der Waals surface area contributed by atoms with Crippen LogP contribution in [0, 0.1) is 6.92 Å². The Morgan fingerprint density at radius 3 is 2.44 bits per heavy atom. The van der Waals surface area contributed by atoms with Crippen molar-refractivity contribution < 1.29 is 0 Å². The lowest BCUT2D eigenvalue weighted by Crippen LogP contribution is -2.35. The first kappa shape index (κ1) is 16.4. The zero-order valence-corrected chi connectivity index (χ0v) is 16.6. The highest BCUT2D eigenvalue weighted by Crippen LogP contribution is 2.39. The van der Waals surface area contributed by atoms with Gasteiger partial charge < -0.3 is 9.80 Å². The predicted molar refractivity (Wildman–Crippen MR) is 118 cm³/mol. The van der Waals surface area contributed by atoms with Gasteiger partial charge in [0.15, 0.2) is 0 Å². The molecule has 3 aromatic carbocycles. The Kier molecular flexibility index (Phi) is 3.73. The van der Waals surface area contributed by atoms with Gasteiger partial charge >= 0.3 is 0 Å². The Labute approximate surface area is 164 Å². The normalized spacial score (nSPS) is 17.1. The zero-order chi connectivity index (χ0) is 18.5. The molecule has 0 saturated heterocycles. The molecule has 0 amide bonds. The molecule has 1 aliphatic heterocycles. The third-order valence-electron chi connectivity index (χ3n) is 5.60. The SMILES string of the molecule is Cc1ccccc1N1C(c2ccc3sc4ccccc4c3c2)=CN(C)C1C. The Hall–Kier alpha value is -2.78. The van der Waals surface area contributed by atoms with Gasteiger partial charge in [-0.1, -0.05) is 42.5 Å². The van der Waals surface area contributed by atoms with Crippen molar-refractivity contribution in [3.63, 3.8) is 0 Å². The summed E-state index contributed by atoms with van der Waals surface area (Å²) in [5.74, 6) is 0. The fourth-order valence-electron chi connectivity index (χ4n) is 4.01. The summed E-state index contributed by atoms with van der Waals surface area (Å²) in [5, 5.41) is 2.70. The molecule has 1 unspecified atom stereocenters. The van der Waals surface area contributed by atoms with Crippen molar-refractivity contribution in [1.82, 2.24) is 4.90 Å². The third kappa shape index (κ3) is 2.54. The molecule has 27 heavy (non-hydrogen) atoms. The molecule has 134 valence electrons. The molecular weight excluding hydrogens is 348 g/mol. The van der Waals surface area contributed by atoms with E-state index in [0.29, 0.717) is 0 Å². The van der Waals surface area contributed by atoms with Crippen LogP contribution < -0.4 is 4.90 Å². The van der Waals surface area contributed by atoms with Crippen molar-refractivity contribution in [3.8, 4) is 0 Å². The van der Waals surface area contributed by atoms with Gasteiger partial charge in [-0.15, -0.1) is 11.3 Å². The third-order valence-corrected chi connectivity index (χ3v) is 6.75. The second kappa shape index (κ2) is 6.14. The fraction of sp³-hybridized carbons (Fsp3) is 0.167. The number of hydrogen-bond acceptors (Lipinski definition) is 3. The van der Waals surface area contributed by atoms with Crippen molar-refractivity contribution in [3.05, 3.63) is 84.1 Å². The first-order chi connectivity index (χ1) is 13.1. The number of para-hydroxylation sites is 1. The first-order valence-corrected chi connectivity index (χ1v) is 10.2. The Bertz CT molecular complexity index is 1190. The molecule has 1 atom stereocenters. The topological polar surface area (TPSA) is 6.48 Å². The van der Waals surface area contributed by atoms with Crippen LogP contribution in [0.15, 0.2) is 72.9 Å². The average molecular weight is 371 g/mol. The summed E-state index contributed by atoms with van der Waals surface area (Å²) in [5.41, 5.74) is 5.10. The van der Waals surface area contributed by atoms with Gasteiger partial charge in [0.05, 0.1) is 5.70 Å². The monoisotopic (exact) mass is 370 g/mol. The van der Waals surface area contributed by atoms with E-state index in [9.17, 15) is 0 Å². The molecule has 0 spiro atoms. The highest BCUT2D eigenvalue weighted by atomic mass is 32.1.